The number of phenolic OH excluding ortho intramolecular Hbond substituents is 1. The molecule has 4 N–H and O–H groups in total. The number of nitrogens with zero attached hydrogens (tertiary/aromatic N) is 1. The number of hydrogen-bond acceptors (Lipinski definition) is 6. The van der Waals surface area contributed by atoms with Crippen LogP contribution in [-0.2, 0) is 4.79 Å². The highest BCUT2D eigenvalue weighted by Gasteiger charge is 2.28. The molecule has 1 aliphatic heterocycles. The summed E-state index contributed by atoms with van der Waals surface area (Å²) in [5.74, 6) is 1.23. The summed E-state index contributed by atoms with van der Waals surface area (Å²) in [6, 6.07) is 9.02. The van der Waals surface area contributed by atoms with Gasteiger partial charge in [-0.25, -0.2) is 0 Å². The molecule has 0 aromatic heterocycles. The van der Waals surface area contributed by atoms with E-state index in [1.54, 1.807) is 25.1 Å². The number of rotatable bonds is 8. The fourth-order valence-corrected chi connectivity index (χ4v) is 4.20. The van der Waals surface area contributed by atoms with Crippen molar-refractivity contribution in [1.82, 2.24) is 10.2 Å². The van der Waals surface area contributed by atoms with Gasteiger partial charge < -0.3 is 25.6 Å². The first-order chi connectivity index (χ1) is 15.7. The van der Waals surface area contributed by atoms with Gasteiger partial charge in [-0.3, -0.25) is 9.69 Å². The predicted molar refractivity (Wildman–Crippen MR) is 131 cm³/mol. The molecular weight excluding hydrogens is 418 g/mol. The highest BCUT2D eigenvalue weighted by atomic mass is 16.5. The monoisotopic (exact) mass is 455 g/mol. The molecule has 1 aliphatic rings. The summed E-state index contributed by atoms with van der Waals surface area (Å²) < 4.78 is 12.1. The van der Waals surface area contributed by atoms with Gasteiger partial charge in [-0.2, -0.15) is 0 Å². The minimum Gasteiger partial charge on any atom is -0.504 e. The average Bonchev–Trinajstić information content (AvgIpc) is 2.81. The van der Waals surface area contributed by atoms with Crippen molar-refractivity contribution >= 4 is 11.6 Å². The van der Waals surface area contributed by atoms with E-state index in [4.69, 9.17) is 15.2 Å². The van der Waals surface area contributed by atoms with E-state index in [1.807, 2.05) is 32.9 Å². The number of phenols is 1. The van der Waals surface area contributed by atoms with Crippen molar-refractivity contribution in [2.75, 3.05) is 18.8 Å². The number of nitrogens with two attached hydrogens (primary N) is 1. The molecule has 7 heteroatoms. The molecule has 0 saturated carbocycles. The zero-order chi connectivity index (χ0) is 24.1. The van der Waals surface area contributed by atoms with Crippen LogP contribution >= 0.6 is 0 Å². The van der Waals surface area contributed by atoms with Crippen LogP contribution in [0.4, 0.5) is 5.69 Å². The van der Waals surface area contributed by atoms with Gasteiger partial charge in [0.1, 0.15) is 5.75 Å². The first kappa shape index (κ1) is 24.7. The lowest BCUT2D eigenvalue weighted by Gasteiger charge is -2.37. The summed E-state index contributed by atoms with van der Waals surface area (Å²) in [6.07, 6.45) is 1.75. The number of likely N-dealkylation sites (tertiary alicyclic amines) is 1. The lowest BCUT2D eigenvalue weighted by atomic mass is 10.0. The van der Waals surface area contributed by atoms with E-state index in [9.17, 15) is 9.90 Å². The molecule has 0 radical (unpaired) electrons. The van der Waals surface area contributed by atoms with Gasteiger partial charge in [0.2, 0.25) is 0 Å². The molecule has 3 rings (SSSR count). The number of hydrogen-bond donors (Lipinski definition) is 3. The Morgan fingerprint density at radius 2 is 1.82 bits per heavy atom. The molecule has 0 spiro atoms. The van der Waals surface area contributed by atoms with Crippen molar-refractivity contribution in [3.8, 4) is 17.2 Å². The SMILES string of the molecule is CCC(Oc1ccccc1O)N1CCC(NC(=O)C(C)Oc2cc(C)c(N)c(C)c2C)CC1. The quantitative estimate of drug-likeness (QED) is 0.520. The number of anilines is 1. The fraction of sp³-hybridized carbons (Fsp3) is 0.500. The van der Waals surface area contributed by atoms with Crippen LogP contribution in [0.15, 0.2) is 30.3 Å². The number of piperidine rings is 1. The van der Waals surface area contributed by atoms with Crippen LogP contribution in [0.3, 0.4) is 0 Å². The second-order valence-electron chi connectivity index (χ2n) is 8.88. The van der Waals surface area contributed by atoms with Crippen LogP contribution in [0.5, 0.6) is 17.2 Å². The number of carbonyl (C=O) groups is 1. The Morgan fingerprint density at radius 3 is 2.45 bits per heavy atom. The lowest BCUT2D eigenvalue weighted by molar-refractivity contribution is -0.128. The Hall–Kier alpha value is -2.93. The fourth-order valence-electron chi connectivity index (χ4n) is 4.20. The standard InChI is InChI=1S/C26H37N3O4/c1-6-24(33-22-10-8-7-9-21(22)30)29-13-11-20(12-14-29)28-26(31)19(5)32-23-15-16(2)25(27)18(4)17(23)3/h7-10,15,19-20,24,30H,6,11-14,27H2,1-5H3,(H,28,31). The molecule has 2 atom stereocenters. The van der Waals surface area contributed by atoms with Gasteiger partial charge in [-0.1, -0.05) is 19.1 Å². The van der Waals surface area contributed by atoms with Crippen LogP contribution in [-0.4, -0.2) is 47.4 Å². The highest BCUT2D eigenvalue weighted by Crippen LogP contribution is 2.30. The number of amides is 1. The van der Waals surface area contributed by atoms with Gasteiger partial charge in [0.05, 0.1) is 0 Å². The molecule has 180 valence electrons. The molecule has 7 nitrogen and oxygen atoms in total. The van der Waals surface area contributed by atoms with Gasteiger partial charge in [0.25, 0.3) is 5.91 Å². The van der Waals surface area contributed by atoms with Crippen LogP contribution in [0.25, 0.3) is 0 Å². The second kappa shape index (κ2) is 10.8. The maximum atomic E-state index is 12.8. The topological polar surface area (TPSA) is 97.0 Å². The summed E-state index contributed by atoms with van der Waals surface area (Å²) in [4.78, 5) is 15.0. The number of nitrogen functional groups attached to an aromatic ring is 1. The highest BCUT2D eigenvalue weighted by molar-refractivity contribution is 5.81. The molecule has 0 bridgehead atoms. The number of aromatic hydroxyl groups is 1. The van der Waals surface area contributed by atoms with Gasteiger partial charge in [-0.05, 0) is 81.8 Å². The molecule has 2 aromatic carbocycles. The third kappa shape index (κ3) is 5.90. The zero-order valence-electron chi connectivity index (χ0n) is 20.4. The van der Waals surface area contributed by atoms with Crippen molar-refractivity contribution in [3.05, 3.63) is 47.0 Å². The van der Waals surface area contributed by atoms with Gasteiger partial charge in [0, 0.05) is 24.8 Å². The molecular formula is C26H37N3O4. The van der Waals surface area contributed by atoms with Crippen LogP contribution in [0.2, 0.25) is 0 Å². The summed E-state index contributed by atoms with van der Waals surface area (Å²) in [5, 5.41) is 13.1. The number of para-hydroxylation sites is 2. The van der Waals surface area contributed by atoms with E-state index in [2.05, 4.69) is 17.1 Å². The summed E-state index contributed by atoms with van der Waals surface area (Å²) in [5.41, 5.74) is 9.76. The van der Waals surface area contributed by atoms with E-state index >= 15 is 0 Å². The van der Waals surface area contributed by atoms with E-state index in [-0.39, 0.29) is 23.9 Å². The van der Waals surface area contributed by atoms with Crippen molar-refractivity contribution in [1.29, 1.82) is 0 Å². The van der Waals surface area contributed by atoms with Crippen LogP contribution in [0, 0.1) is 20.8 Å². The molecule has 1 amide bonds. The number of nitrogens with one attached hydrogen (secondary N) is 1. The Kier molecular flexibility index (Phi) is 8.08. The van der Waals surface area contributed by atoms with Gasteiger partial charge >= 0.3 is 0 Å². The largest absolute Gasteiger partial charge is 0.504 e. The van der Waals surface area contributed by atoms with E-state index < -0.39 is 6.10 Å². The predicted octanol–water partition coefficient (Wildman–Crippen LogP) is 4.06. The van der Waals surface area contributed by atoms with Crippen molar-refractivity contribution in [2.45, 2.75) is 72.3 Å². The van der Waals surface area contributed by atoms with Crippen LogP contribution < -0.4 is 20.5 Å². The molecule has 1 fully saturated rings. The summed E-state index contributed by atoms with van der Waals surface area (Å²) >= 11 is 0. The van der Waals surface area contributed by atoms with Crippen molar-refractivity contribution in [3.63, 3.8) is 0 Å². The first-order valence-electron chi connectivity index (χ1n) is 11.7. The molecule has 33 heavy (non-hydrogen) atoms. The normalized spacial score (nSPS) is 16.8. The summed E-state index contributed by atoms with van der Waals surface area (Å²) in [6.45, 7) is 11.3. The minimum atomic E-state index is -0.600. The Labute approximate surface area is 196 Å². The Morgan fingerprint density at radius 1 is 1.15 bits per heavy atom. The molecule has 1 heterocycles. The number of ether oxygens (including phenoxy) is 2. The van der Waals surface area contributed by atoms with E-state index in [0.717, 1.165) is 54.7 Å². The maximum absolute atomic E-state index is 12.8. The van der Waals surface area contributed by atoms with Crippen molar-refractivity contribution < 1.29 is 19.4 Å². The maximum Gasteiger partial charge on any atom is 0.260 e. The Bertz CT molecular complexity index is 970. The zero-order valence-corrected chi connectivity index (χ0v) is 20.4. The first-order valence-corrected chi connectivity index (χ1v) is 11.7. The van der Waals surface area contributed by atoms with E-state index in [1.165, 1.54) is 0 Å². The second-order valence-corrected chi connectivity index (χ2v) is 8.88. The third-order valence-corrected chi connectivity index (χ3v) is 6.54. The van der Waals surface area contributed by atoms with Gasteiger partial charge in [0.15, 0.2) is 23.8 Å². The Balaban J connectivity index is 1.52. The van der Waals surface area contributed by atoms with Crippen molar-refractivity contribution in [2.24, 2.45) is 0 Å². The minimum absolute atomic E-state index is 0.0958. The smallest absolute Gasteiger partial charge is 0.260 e. The third-order valence-electron chi connectivity index (χ3n) is 6.54. The number of carbonyl (C=O) groups excluding carboxylic acids is 1. The number of aryl methyl sites for hydroxylation is 1. The molecule has 2 unspecified atom stereocenters. The molecule has 0 aliphatic carbocycles. The summed E-state index contributed by atoms with van der Waals surface area (Å²) in [7, 11) is 0. The number of benzene rings is 2. The van der Waals surface area contributed by atoms with Crippen LogP contribution in [0.1, 0.15) is 49.8 Å². The average molecular weight is 456 g/mol. The molecule has 2 aromatic rings. The lowest BCUT2D eigenvalue weighted by Crippen LogP contribution is -2.51. The molecule has 1 saturated heterocycles. The van der Waals surface area contributed by atoms with Gasteiger partial charge in [-0.15, -0.1) is 0 Å². The van der Waals surface area contributed by atoms with E-state index in [0.29, 0.717) is 11.5 Å².